The Morgan fingerprint density at radius 1 is 1.14 bits per heavy atom. The molecule has 0 amide bonds. The maximum absolute atomic E-state index is 12.4. The first-order valence-corrected chi connectivity index (χ1v) is 9.38. The topological polar surface area (TPSA) is 99.4 Å². The molecular weight excluding hydrogens is 378 g/mol. The van der Waals surface area contributed by atoms with Gasteiger partial charge in [0.2, 0.25) is 0 Å². The predicted octanol–water partition coefficient (Wildman–Crippen LogP) is 4.60. The van der Waals surface area contributed by atoms with Crippen molar-refractivity contribution in [1.29, 1.82) is 0 Å². The molecule has 0 fully saturated rings. The third-order valence-corrected chi connectivity index (χ3v) is 4.95. The molecule has 0 saturated carbocycles. The molecule has 2 aromatic carbocycles. The van der Waals surface area contributed by atoms with Gasteiger partial charge in [0.05, 0.1) is 17.2 Å². The Bertz CT molecular complexity index is 1000. The van der Waals surface area contributed by atoms with Gasteiger partial charge >= 0.3 is 5.97 Å². The van der Waals surface area contributed by atoms with Gasteiger partial charge in [-0.2, -0.15) is 0 Å². The summed E-state index contributed by atoms with van der Waals surface area (Å²) in [5, 5.41) is 30.3. The number of aliphatic hydroxyl groups excluding tert-OH is 1. The van der Waals surface area contributed by atoms with E-state index in [4.69, 9.17) is 4.74 Å². The fourth-order valence-electron chi connectivity index (χ4n) is 2.64. The van der Waals surface area contributed by atoms with Crippen LogP contribution in [0.15, 0.2) is 63.7 Å². The van der Waals surface area contributed by atoms with Crippen molar-refractivity contribution in [2.24, 2.45) is 4.99 Å². The highest BCUT2D eigenvalue weighted by molar-refractivity contribution is 8.18. The summed E-state index contributed by atoms with van der Waals surface area (Å²) in [5.74, 6) is -1.14. The van der Waals surface area contributed by atoms with Crippen LogP contribution in [0.1, 0.15) is 18.1 Å². The number of para-hydroxylation sites is 1. The molecule has 0 spiro atoms. The number of benzene rings is 2. The third-order valence-electron chi connectivity index (χ3n) is 3.93. The van der Waals surface area contributed by atoms with Crippen LogP contribution in [0.25, 0.3) is 6.08 Å². The number of aryl methyl sites for hydroxylation is 1. The molecule has 3 rings (SSSR count). The number of phenols is 2. The van der Waals surface area contributed by atoms with Gasteiger partial charge in [0.1, 0.15) is 27.9 Å². The van der Waals surface area contributed by atoms with Crippen molar-refractivity contribution in [3.63, 3.8) is 0 Å². The van der Waals surface area contributed by atoms with Gasteiger partial charge in [-0.25, -0.2) is 9.79 Å². The summed E-state index contributed by atoms with van der Waals surface area (Å²) in [5.41, 5.74) is 2.06. The second-order valence-corrected chi connectivity index (χ2v) is 7.07. The average molecular weight is 397 g/mol. The van der Waals surface area contributed by atoms with Crippen molar-refractivity contribution in [2.45, 2.75) is 13.8 Å². The largest absolute Gasteiger partial charge is 0.508 e. The first kappa shape index (κ1) is 19.6. The van der Waals surface area contributed by atoms with Crippen LogP contribution in [-0.2, 0) is 9.53 Å². The van der Waals surface area contributed by atoms with E-state index in [2.05, 4.69) is 4.99 Å². The molecule has 28 heavy (non-hydrogen) atoms. The van der Waals surface area contributed by atoms with E-state index < -0.39 is 5.97 Å². The average Bonchev–Trinajstić information content (AvgIpc) is 2.91. The van der Waals surface area contributed by atoms with Crippen molar-refractivity contribution in [1.82, 2.24) is 0 Å². The Morgan fingerprint density at radius 3 is 2.46 bits per heavy atom. The number of thioether (sulfide) groups is 1. The molecule has 1 aliphatic heterocycles. The number of aromatic hydroxyl groups is 2. The fraction of sp³-hybridized carbons (Fsp3) is 0.143. The van der Waals surface area contributed by atoms with Gasteiger partial charge < -0.3 is 20.1 Å². The Balaban J connectivity index is 2.08. The lowest BCUT2D eigenvalue weighted by molar-refractivity contribution is -0.138. The van der Waals surface area contributed by atoms with Crippen LogP contribution in [0.2, 0.25) is 0 Å². The van der Waals surface area contributed by atoms with E-state index in [0.29, 0.717) is 21.2 Å². The molecule has 0 atom stereocenters. The quantitative estimate of drug-likeness (QED) is 0.652. The monoisotopic (exact) mass is 397 g/mol. The summed E-state index contributed by atoms with van der Waals surface area (Å²) >= 11 is 1.11. The summed E-state index contributed by atoms with van der Waals surface area (Å²) in [4.78, 5) is 17.3. The first-order valence-electron chi connectivity index (χ1n) is 8.57. The van der Waals surface area contributed by atoms with Crippen LogP contribution in [0.5, 0.6) is 11.5 Å². The van der Waals surface area contributed by atoms with Gasteiger partial charge in [-0.15, -0.1) is 0 Å². The molecule has 6 nitrogen and oxygen atoms in total. The van der Waals surface area contributed by atoms with E-state index in [0.717, 1.165) is 17.3 Å². The van der Waals surface area contributed by atoms with Crippen LogP contribution in [-0.4, -0.2) is 32.9 Å². The van der Waals surface area contributed by atoms with Crippen molar-refractivity contribution in [2.75, 3.05) is 6.61 Å². The number of esters is 1. The summed E-state index contributed by atoms with van der Waals surface area (Å²) < 4.78 is 5.07. The molecule has 0 aromatic heterocycles. The first-order chi connectivity index (χ1) is 13.4. The smallest absolute Gasteiger partial charge is 0.344 e. The van der Waals surface area contributed by atoms with Gasteiger partial charge in [0, 0.05) is 6.07 Å². The molecule has 3 N–H and O–H groups in total. The summed E-state index contributed by atoms with van der Waals surface area (Å²) in [6.07, 6.45) is 1.55. The van der Waals surface area contributed by atoms with E-state index in [1.165, 1.54) is 18.2 Å². The molecule has 144 valence electrons. The minimum absolute atomic E-state index is 0.00859. The molecule has 0 saturated heterocycles. The summed E-state index contributed by atoms with van der Waals surface area (Å²) in [7, 11) is 0. The predicted molar refractivity (Wildman–Crippen MR) is 110 cm³/mol. The lowest BCUT2D eigenvalue weighted by Crippen LogP contribution is -2.12. The van der Waals surface area contributed by atoms with E-state index in [-0.39, 0.29) is 29.4 Å². The number of phenolic OH excluding ortho intramolecular Hbond substituents is 2. The van der Waals surface area contributed by atoms with Crippen molar-refractivity contribution < 1.29 is 24.9 Å². The number of aliphatic hydroxyl groups is 1. The third kappa shape index (κ3) is 4.20. The molecule has 1 heterocycles. The lowest BCUT2D eigenvalue weighted by Gasteiger charge is -2.05. The number of rotatable bonds is 4. The molecule has 7 heteroatoms. The van der Waals surface area contributed by atoms with Gasteiger partial charge in [0.15, 0.2) is 0 Å². The number of hydrogen-bond acceptors (Lipinski definition) is 7. The SMILES string of the molecule is CCOC(=O)C1=C(O)/C(=C\c2cc(O)cc(O)c2)SC1=Nc1ccccc1C. The van der Waals surface area contributed by atoms with E-state index in [1.54, 1.807) is 13.0 Å². The number of carbonyl (C=O) groups excluding carboxylic acids is 1. The van der Waals surface area contributed by atoms with Crippen LogP contribution < -0.4 is 0 Å². The second kappa shape index (κ2) is 8.22. The van der Waals surface area contributed by atoms with Gasteiger partial charge in [-0.3, -0.25) is 0 Å². The highest BCUT2D eigenvalue weighted by atomic mass is 32.2. The highest BCUT2D eigenvalue weighted by Gasteiger charge is 2.33. The summed E-state index contributed by atoms with van der Waals surface area (Å²) in [6.45, 7) is 3.75. The van der Waals surface area contributed by atoms with Crippen LogP contribution in [0.3, 0.4) is 0 Å². The van der Waals surface area contributed by atoms with Crippen molar-refractivity contribution >= 4 is 34.5 Å². The molecule has 0 aliphatic carbocycles. The number of carbonyl (C=O) groups is 1. The fourth-order valence-corrected chi connectivity index (χ4v) is 3.67. The van der Waals surface area contributed by atoms with Gasteiger partial charge in [0.25, 0.3) is 0 Å². The minimum atomic E-state index is -0.665. The standard InChI is InChI=1S/C21H19NO5S/c1-3-27-21(26)18-19(25)17(10-13-8-14(23)11-15(24)9-13)28-20(18)22-16-7-5-4-6-12(16)2/h4-11,23-25H,3H2,1-2H3/b17-10+,22-20?. The number of aliphatic imine (C=N–C) groups is 1. The molecular formula is C21H19NO5S. The van der Waals surface area contributed by atoms with Crippen molar-refractivity contribution in [3.8, 4) is 11.5 Å². The van der Waals surface area contributed by atoms with Crippen LogP contribution in [0, 0.1) is 6.92 Å². The van der Waals surface area contributed by atoms with Gasteiger partial charge in [-0.05, 0) is 49.2 Å². The molecule has 2 aromatic rings. The zero-order valence-corrected chi connectivity index (χ0v) is 16.2. The molecule has 1 aliphatic rings. The Kier molecular flexibility index (Phi) is 5.75. The molecule has 0 radical (unpaired) electrons. The normalized spacial score (nSPS) is 16.8. The zero-order chi connectivity index (χ0) is 20.3. The summed E-state index contributed by atoms with van der Waals surface area (Å²) in [6, 6.07) is 11.5. The maximum atomic E-state index is 12.4. The second-order valence-electron chi connectivity index (χ2n) is 6.04. The van der Waals surface area contributed by atoms with Crippen LogP contribution >= 0.6 is 11.8 Å². The van der Waals surface area contributed by atoms with E-state index in [1.807, 2.05) is 31.2 Å². The van der Waals surface area contributed by atoms with E-state index >= 15 is 0 Å². The maximum Gasteiger partial charge on any atom is 0.344 e. The van der Waals surface area contributed by atoms with Gasteiger partial charge in [-0.1, -0.05) is 30.0 Å². The number of ether oxygens (including phenoxy) is 1. The number of nitrogens with zero attached hydrogens (tertiary/aromatic N) is 1. The van der Waals surface area contributed by atoms with Crippen molar-refractivity contribution in [3.05, 3.63) is 69.8 Å². The zero-order valence-electron chi connectivity index (χ0n) is 15.3. The van der Waals surface area contributed by atoms with Crippen LogP contribution in [0.4, 0.5) is 5.69 Å². The number of hydrogen-bond donors (Lipinski definition) is 3. The Morgan fingerprint density at radius 2 is 1.82 bits per heavy atom. The Hall–Kier alpha value is -3.19. The van der Waals surface area contributed by atoms with E-state index in [9.17, 15) is 20.1 Å². The molecule has 0 unspecified atom stereocenters. The lowest BCUT2D eigenvalue weighted by atomic mass is 10.1. The minimum Gasteiger partial charge on any atom is -0.508 e. The molecule has 0 bridgehead atoms. The Labute approximate surface area is 166 Å². The highest BCUT2D eigenvalue weighted by Crippen LogP contribution is 2.41.